The molecule has 0 radical (unpaired) electrons. The van der Waals surface area contributed by atoms with E-state index in [2.05, 4.69) is 20.5 Å². The second kappa shape index (κ2) is 4.97. The fourth-order valence-electron chi connectivity index (χ4n) is 1.55. The zero-order chi connectivity index (χ0) is 12.2. The van der Waals surface area contributed by atoms with Crippen molar-refractivity contribution in [2.75, 3.05) is 5.32 Å². The Morgan fingerprint density at radius 1 is 1.22 bits per heavy atom. The summed E-state index contributed by atoms with van der Waals surface area (Å²) in [5, 5.41) is 10.8. The Morgan fingerprint density at radius 3 is 2.78 bits per heavy atom. The van der Waals surface area contributed by atoms with Crippen molar-refractivity contribution in [3.8, 4) is 11.5 Å². The quantitative estimate of drug-likeness (QED) is 0.779. The normalized spacial score (nSPS) is 10.4. The third kappa shape index (κ3) is 2.38. The van der Waals surface area contributed by atoms with Gasteiger partial charge in [-0.25, -0.2) is 0 Å². The minimum atomic E-state index is 0.531. The van der Waals surface area contributed by atoms with Crippen molar-refractivity contribution in [1.82, 2.24) is 15.2 Å². The van der Waals surface area contributed by atoms with Gasteiger partial charge in [-0.3, -0.25) is 4.98 Å². The first-order valence-electron chi connectivity index (χ1n) is 5.40. The van der Waals surface area contributed by atoms with Crippen molar-refractivity contribution >= 4 is 17.0 Å². The number of nitrogens with one attached hydrogen (secondary N) is 1. The highest BCUT2D eigenvalue weighted by molar-refractivity contribution is 7.09. The summed E-state index contributed by atoms with van der Waals surface area (Å²) in [7, 11) is 0. The van der Waals surface area contributed by atoms with Crippen LogP contribution in [0.4, 0.5) is 5.69 Å². The van der Waals surface area contributed by atoms with E-state index < -0.39 is 0 Å². The van der Waals surface area contributed by atoms with E-state index in [1.807, 2.05) is 36.0 Å². The molecule has 6 heteroatoms. The molecule has 5 nitrogen and oxygen atoms in total. The SMILES string of the molecule is c1nnc(-c2ccc(NCc3cncs3)cc2)o1. The number of benzene rings is 1. The first-order chi connectivity index (χ1) is 8.92. The molecule has 2 aromatic heterocycles. The molecule has 0 unspecified atom stereocenters. The topological polar surface area (TPSA) is 63.8 Å². The molecule has 90 valence electrons. The van der Waals surface area contributed by atoms with Gasteiger partial charge >= 0.3 is 0 Å². The van der Waals surface area contributed by atoms with Crippen molar-refractivity contribution < 1.29 is 4.42 Å². The highest BCUT2D eigenvalue weighted by atomic mass is 32.1. The Labute approximate surface area is 108 Å². The van der Waals surface area contributed by atoms with Crippen LogP contribution in [0.1, 0.15) is 4.88 Å². The van der Waals surface area contributed by atoms with Gasteiger partial charge in [-0.1, -0.05) is 0 Å². The minimum absolute atomic E-state index is 0.531. The van der Waals surface area contributed by atoms with Crippen LogP contribution >= 0.6 is 11.3 Å². The molecular formula is C12H10N4OS. The number of rotatable bonds is 4. The maximum Gasteiger partial charge on any atom is 0.247 e. The standard InChI is InChI=1S/C12H10N4OS/c1-3-10(14-6-11-5-13-8-18-11)4-2-9(1)12-16-15-7-17-12/h1-5,7-8,14H,6H2. The first kappa shape index (κ1) is 10.9. The van der Waals surface area contributed by atoms with Gasteiger partial charge in [0.25, 0.3) is 0 Å². The predicted octanol–water partition coefficient (Wildman–Crippen LogP) is 2.81. The smallest absolute Gasteiger partial charge is 0.247 e. The molecule has 0 spiro atoms. The molecule has 0 aliphatic heterocycles. The van der Waals surface area contributed by atoms with Crippen LogP contribution < -0.4 is 5.32 Å². The molecule has 0 fully saturated rings. The Hall–Kier alpha value is -2.21. The van der Waals surface area contributed by atoms with Crippen LogP contribution in [0.5, 0.6) is 0 Å². The lowest BCUT2D eigenvalue weighted by Gasteiger charge is -2.04. The summed E-state index contributed by atoms with van der Waals surface area (Å²) in [5.74, 6) is 0.531. The van der Waals surface area contributed by atoms with Crippen molar-refractivity contribution in [2.24, 2.45) is 0 Å². The van der Waals surface area contributed by atoms with E-state index in [1.54, 1.807) is 11.3 Å². The fraction of sp³-hybridized carbons (Fsp3) is 0.0833. The number of hydrogen-bond donors (Lipinski definition) is 1. The van der Waals surface area contributed by atoms with Gasteiger partial charge in [0, 0.05) is 22.3 Å². The number of nitrogens with zero attached hydrogens (tertiary/aromatic N) is 3. The molecule has 0 aliphatic rings. The van der Waals surface area contributed by atoms with Gasteiger partial charge in [0.1, 0.15) is 0 Å². The average molecular weight is 258 g/mol. The Bertz CT molecular complexity index is 590. The molecule has 0 saturated heterocycles. The molecule has 0 bridgehead atoms. The molecule has 3 aromatic rings. The molecule has 2 heterocycles. The zero-order valence-corrected chi connectivity index (χ0v) is 10.2. The van der Waals surface area contributed by atoms with E-state index in [-0.39, 0.29) is 0 Å². The summed E-state index contributed by atoms with van der Waals surface area (Å²) in [5.41, 5.74) is 3.79. The van der Waals surface area contributed by atoms with Crippen LogP contribution in [0.15, 0.2) is 46.8 Å². The summed E-state index contributed by atoms with van der Waals surface area (Å²) >= 11 is 1.64. The van der Waals surface area contributed by atoms with Gasteiger partial charge in [0.05, 0.1) is 12.1 Å². The molecule has 18 heavy (non-hydrogen) atoms. The monoisotopic (exact) mass is 258 g/mol. The average Bonchev–Trinajstić information content (AvgIpc) is 3.10. The highest BCUT2D eigenvalue weighted by Crippen LogP contribution is 2.19. The van der Waals surface area contributed by atoms with E-state index in [0.717, 1.165) is 17.8 Å². The molecule has 3 rings (SSSR count). The first-order valence-corrected chi connectivity index (χ1v) is 6.27. The maximum absolute atomic E-state index is 5.13. The van der Waals surface area contributed by atoms with Crippen LogP contribution in [0.25, 0.3) is 11.5 Å². The maximum atomic E-state index is 5.13. The molecule has 0 saturated carbocycles. The molecule has 0 aliphatic carbocycles. The molecule has 1 aromatic carbocycles. The van der Waals surface area contributed by atoms with Gasteiger partial charge < -0.3 is 9.73 Å². The zero-order valence-electron chi connectivity index (χ0n) is 9.41. The van der Waals surface area contributed by atoms with Crippen molar-refractivity contribution in [3.05, 3.63) is 47.2 Å². The van der Waals surface area contributed by atoms with E-state index in [1.165, 1.54) is 11.3 Å². The van der Waals surface area contributed by atoms with Gasteiger partial charge in [-0.2, -0.15) is 0 Å². The fourth-order valence-corrected chi connectivity index (χ4v) is 2.08. The lowest BCUT2D eigenvalue weighted by molar-refractivity contribution is 0.568. The van der Waals surface area contributed by atoms with Crippen LogP contribution in [0.3, 0.4) is 0 Å². The van der Waals surface area contributed by atoms with Gasteiger partial charge in [0.15, 0.2) is 0 Å². The Kier molecular flexibility index (Phi) is 3.01. The van der Waals surface area contributed by atoms with Gasteiger partial charge in [-0.15, -0.1) is 21.5 Å². The Balaban J connectivity index is 1.68. The second-order valence-corrected chi connectivity index (χ2v) is 4.61. The summed E-state index contributed by atoms with van der Waals surface area (Å²) < 4.78 is 5.13. The number of aromatic nitrogens is 3. The molecular weight excluding hydrogens is 248 g/mol. The van der Waals surface area contributed by atoms with E-state index in [0.29, 0.717) is 5.89 Å². The number of thiazole rings is 1. The van der Waals surface area contributed by atoms with E-state index in [9.17, 15) is 0 Å². The molecule has 1 N–H and O–H groups in total. The summed E-state index contributed by atoms with van der Waals surface area (Å²) in [4.78, 5) is 5.24. The van der Waals surface area contributed by atoms with Crippen LogP contribution in [-0.2, 0) is 6.54 Å². The van der Waals surface area contributed by atoms with Crippen molar-refractivity contribution in [2.45, 2.75) is 6.54 Å². The summed E-state index contributed by atoms with van der Waals surface area (Å²) in [6.07, 6.45) is 3.19. The minimum Gasteiger partial charge on any atom is -0.423 e. The number of anilines is 1. The van der Waals surface area contributed by atoms with Gasteiger partial charge in [0.2, 0.25) is 12.3 Å². The molecule has 0 atom stereocenters. The second-order valence-electron chi connectivity index (χ2n) is 3.64. The van der Waals surface area contributed by atoms with Crippen molar-refractivity contribution in [1.29, 1.82) is 0 Å². The third-order valence-corrected chi connectivity index (χ3v) is 3.22. The highest BCUT2D eigenvalue weighted by Gasteiger charge is 2.02. The third-order valence-electron chi connectivity index (χ3n) is 2.44. The molecule has 0 amide bonds. The Morgan fingerprint density at radius 2 is 2.11 bits per heavy atom. The lowest BCUT2D eigenvalue weighted by atomic mass is 10.2. The van der Waals surface area contributed by atoms with E-state index >= 15 is 0 Å². The van der Waals surface area contributed by atoms with Crippen LogP contribution in [0, 0.1) is 0 Å². The van der Waals surface area contributed by atoms with Crippen LogP contribution in [0.2, 0.25) is 0 Å². The van der Waals surface area contributed by atoms with E-state index in [4.69, 9.17) is 4.42 Å². The predicted molar refractivity (Wildman–Crippen MR) is 69.2 cm³/mol. The number of hydrogen-bond acceptors (Lipinski definition) is 6. The summed E-state index contributed by atoms with van der Waals surface area (Å²) in [6, 6.07) is 7.87. The van der Waals surface area contributed by atoms with Gasteiger partial charge in [-0.05, 0) is 24.3 Å². The largest absolute Gasteiger partial charge is 0.423 e. The summed E-state index contributed by atoms with van der Waals surface area (Å²) in [6.45, 7) is 0.782. The van der Waals surface area contributed by atoms with Crippen molar-refractivity contribution in [3.63, 3.8) is 0 Å². The lowest BCUT2D eigenvalue weighted by Crippen LogP contribution is -1.96. The van der Waals surface area contributed by atoms with Crippen LogP contribution in [-0.4, -0.2) is 15.2 Å².